The van der Waals surface area contributed by atoms with Crippen LogP contribution in [-0.4, -0.2) is 30.5 Å². The molecule has 1 fully saturated rings. The topological polar surface area (TPSA) is 29.5 Å². The van der Waals surface area contributed by atoms with E-state index in [1.165, 1.54) is 6.42 Å². The number of carbonyl (C=O) groups excluding carboxylic acids is 1. The van der Waals surface area contributed by atoms with Gasteiger partial charge in [0.2, 0.25) is 5.91 Å². The van der Waals surface area contributed by atoms with Gasteiger partial charge in [0.25, 0.3) is 0 Å². The average molecular weight is 312 g/mol. The van der Waals surface area contributed by atoms with Crippen molar-refractivity contribution < 1.29 is 9.53 Å². The van der Waals surface area contributed by atoms with Crippen LogP contribution in [0.3, 0.4) is 0 Å². The quantitative estimate of drug-likeness (QED) is 0.854. The monoisotopic (exact) mass is 311 g/mol. The van der Waals surface area contributed by atoms with Crippen LogP contribution in [0.4, 0.5) is 0 Å². The molecule has 0 saturated carbocycles. The van der Waals surface area contributed by atoms with Gasteiger partial charge in [0.05, 0.1) is 17.5 Å². The molecular formula is C14H18BrNO2. The molecule has 1 aliphatic heterocycles. The Morgan fingerprint density at radius 2 is 1.94 bits per heavy atom. The van der Waals surface area contributed by atoms with E-state index >= 15 is 0 Å². The summed E-state index contributed by atoms with van der Waals surface area (Å²) in [6.45, 7) is 2.26. The van der Waals surface area contributed by atoms with Crippen LogP contribution in [0.1, 0.15) is 25.7 Å². The zero-order valence-corrected chi connectivity index (χ0v) is 12.0. The van der Waals surface area contributed by atoms with Crippen molar-refractivity contribution in [3.8, 4) is 5.75 Å². The SMILES string of the molecule is O=C(CCOc1ccccc1Br)N1CCCCC1. The number of halogens is 1. The molecular weight excluding hydrogens is 294 g/mol. The Bertz CT molecular complexity index is 403. The lowest BCUT2D eigenvalue weighted by Gasteiger charge is -2.26. The number of hydrogen-bond acceptors (Lipinski definition) is 2. The number of ether oxygens (including phenoxy) is 1. The van der Waals surface area contributed by atoms with Crippen molar-refractivity contribution in [3.63, 3.8) is 0 Å². The molecule has 0 atom stereocenters. The number of likely N-dealkylation sites (tertiary alicyclic amines) is 1. The Morgan fingerprint density at radius 3 is 2.67 bits per heavy atom. The van der Waals surface area contributed by atoms with Crippen LogP contribution >= 0.6 is 15.9 Å². The number of carbonyl (C=O) groups is 1. The molecule has 0 aliphatic carbocycles. The summed E-state index contributed by atoms with van der Waals surface area (Å²) >= 11 is 3.42. The first kappa shape index (κ1) is 13.4. The molecule has 0 radical (unpaired) electrons. The Morgan fingerprint density at radius 1 is 1.22 bits per heavy atom. The summed E-state index contributed by atoms with van der Waals surface area (Å²) in [6, 6.07) is 7.69. The number of nitrogens with zero attached hydrogens (tertiary/aromatic N) is 1. The molecule has 3 nitrogen and oxygen atoms in total. The van der Waals surface area contributed by atoms with Crippen molar-refractivity contribution in [3.05, 3.63) is 28.7 Å². The first-order chi connectivity index (χ1) is 8.77. The van der Waals surface area contributed by atoms with Crippen molar-refractivity contribution >= 4 is 21.8 Å². The van der Waals surface area contributed by atoms with Gasteiger partial charge in [0.15, 0.2) is 0 Å². The largest absolute Gasteiger partial charge is 0.492 e. The molecule has 0 unspecified atom stereocenters. The summed E-state index contributed by atoms with van der Waals surface area (Å²) < 4.78 is 6.53. The van der Waals surface area contributed by atoms with Gasteiger partial charge in [-0.15, -0.1) is 0 Å². The van der Waals surface area contributed by atoms with Gasteiger partial charge in [-0.3, -0.25) is 4.79 Å². The van der Waals surface area contributed by atoms with E-state index in [1.54, 1.807) is 0 Å². The lowest BCUT2D eigenvalue weighted by molar-refractivity contribution is -0.132. The lowest BCUT2D eigenvalue weighted by atomic mass is 10.1. The Hall–Kier alpha value is -1.03. The number of rotatable bonds is 4. The molecule has 1 heterocycles. The summed E-state index contributed by atoms with van der Waals surface area (Å²) in [5, 5.41) is 0. The third-order valence-corrected chi connectivity index (χ3v) is 3.77. The molecule has 1 aromatic carbocycles. The highest BCUT2D eigenvalue weighted by Gasteiger charge is 2.16. The van der Waals surface area contributed by atoms with E-state index in [4.69, 9.17) is 4.74 Å². The zero-order chi connectivity index (χ0) is 12.8. The predicted molar refractivity (Wildman–Crippen MR) is 74.7 cm³/mol. The van der Waals surface area contributed by atoms with Crippen molar-refractivity contribution in [2.75, 3.05) is 19.7 Å². The van der Waals surface area contributed by atoms with E-state index in [0.29, 0.717) is 13.0 Å². The van der Waals surface area contributed by atoms with Crippen LogP contribution in [0.25, 0.3) is 0 Å². The summed E-state index contributed by atoms with van der Waals surface area (Å²) in [7, 11) is 0. The number of piperidine rings is 1. The predicted octanol–water partition coefficient (Wildman–Crippen LogP) is 3.23. The van der Waals surface area contributed by atoms with Crippen LogP contribution in [0.2, 0.25) is 0 Å². The van der Waals surface area contributed by atoms with Gasteiger partial charge in [-0.05, 0) is 47.3 Å². The molecule has 0 aromatic heterocycles. The minimum absolute atomic E-state index is 0.210. The van der Waals surface area contributed by atoms with Crippen molar-refractivity contribution in [2.24, 2.45) is 0 Å². The minimum Gasteiger partial charge on any atom is -0.492 e. The second-order valence-electron chi connectivity index (χ2n) is 4.47. The molecule has 0 spiro atoms. The van der Waals surface area contributed by atoms with Crippen molar-refractivity contribution in [1.82, 2.24) is 4.90 Å². The molecule has 4 heteroatoms. The van der Waals surface area contributed by atoms with Crippen molar-refractivity contribution in [2.45, 2.75) is 25.7 Å². The van der Waals surface area contributed by atoms with Gasteiger partial charge in [-0.1, -0.05) is 12.1 Å². The highest BCUT2D eigenvalue weighted by Crippen LogP contribution is 2.23. The minimum atomic E-state index is 0.210. The first-order valence-corrected chi connectivity index (χ1v) is 7.22. The highest BCUT2D eigenvalue weighted by atomic mass is 79.9. The van der Waals surface area contributed by atoms with Gasteiger partial charge in [-0.25, -0.2) is 0 Å². The fourth-order valence-electron chi connectivity index (χ4n) is 2.11. The van der Waals surface area contributed by atoms with Gasteiger partial charge in [0.1, 0.15) is 5.75 Å². The van der Waals surface area contributed by atoms with E-state index in [1.807, 2.05) is 29.2 Å². The van der Waals surface area contributed by atoms with E-state index in [-0.39, 0.29) is 5.91 Å². The molecule has 18 heavy (non-hydrogen) atoms. The van der Waals surface area contributed by atoms with E-state index < -0.39 is 0 Å². The Labute approximate surface area is 116 Å². The lowest BCUT2D eigenvalue weighted by Crippen LogP contribution is -2.36. The molecule has 98 valence electrons. The average Bonchev–Trinajstić information content (AvgIpc) is 2.42. The molecule has 1 saturated heterocycles. The van der Waals surface area contributed by atoms with Gasteiger partial charge >= 0.3 is 0 Å². The zero-order valence-electron chi connectivity index (χ0n) is 10.4. The second-order valence-corrected chi connectivity index (χ2v) is 5.32. The molecule has 1 aliphatic rings. The smallest absolute Gasteiger partial charge is 0.225 e. The highest BCUT2D eigenvalue weighted by molar-refractivity contribution is 9.10. The summed E-state index contributed by atoms with van der Waals surface area (Å²) in [6.07, 6.45) is 3.98. The third kappa shape index (κ3) is 3.73. The van der Waals surface area contributed by atoms with E-state index in [0.717, 1.165) is 36.2 Å². The summed E-state index contributed by atoms with van der Waals surface area (Å²) in [5.41, 5.74) is 0. The van der Waals surface area contributed by atoms with Crippen LogP contribution in [0, 0.1) is 0 Å². The molecule has 0 N–H and O–H groups in total. The van der Waals surface area contributed by atoms with E-state index in [9.17, 15) is 4.79 Å². The number of para-hydroxylation sites is 1. The van der Waals surface area contributed by atoms with Gasteiger partial charge in [-0.2, -0.15) is 0 Å². The van der Waals surface area contributed by atoms with Crippen molar-refractivity contribution in [1.29, 1.82) is 0 Å². The fourth-order valence-corrected chi connectivity index (χ4v) is 2.51. The number of amides is 1. The Kier molecular flexibility index (Phi) is 5.05. The maximum absolute atomic E-state index is 11.9. The van der Waals surface area contributed by atoms with Gasteiger partial charge in [0, 0.05) is 13.1 Å². The summed E-state index contributed by atoms with van der Waals surface area (Å²) in [5.74, 6) is 1.01. The standard InChI is InChI=1S/C14H18BrNO2/c15-12-6-2-3-7-13(12)18-11-8-14(17)16-9-4-1-5-10-16/h2-3,6-7H,1,4-5,8-11H2. The third-order valence-electron chi connectivity index (χ3n) is 3.12. The van der Waals surface area contributed by atoms with Crippen LogP contribution in [0.5, 0.6) is 5.75 Å². The number of hydrogen-bond donors (Lipinski definition) is 0. The maximum atomic E-state index is 11.9. The first-order valence-electron chi connectivity index (χ1n) is 6.42. The van der Waals surface area contributed by atoms with Crippen LogP contribution in [0.15, 0.2) is 28.7 Å². The van der Waals surface area contributed by atoms with Crippen LogP contribution < -0.4 is 4.74 Å². The fraction of sp³-hybridized carbons (Fsp3) is 0.500. The normalized spacial score (nSPS) is 15.5. The van der Waals surface area contributed by atoms with Crippen LogP contribution in [-0.2, 0) is 4.79 Å². The number of benzene rings is 1. The maximum Gasteiger partial charge on any atom is 0.225 e. The van der Waals surface area contributed by atoms with Gasteiger partial charge < -0.3 is 9.64 Å². The molecule has 2 rings (SSSR count). The van der Waals surface area contributed by atoms with E-state index in [2.05, 4.69) is 15.9 Å². The molecule has 0 bridgehead atoms. The molecule has 1 aromatic rings. The Balaban J connectivity index is 1.75. The molecule has 1 amide bonds. The summed E-state index contributed by atoms with van der Waals surface area (Å²) in [4.78, 5) is 13.9. The second kappa shape index (κ2) is 6.78.